The molecule has 0 bridgehead atoms. The molecule has 2 atom stereocenters. The third-order valence-corrected chi connectivity index (χ3v) is 12.7. The highest BCUT2D eigenvalue weighted by molar-refractivity contribution is 6.38. The lowest BCUT2D eigenvalue weighted by molar-refractivity contribution is -0.164. The van der Waals surface area contributed by atoms with Gasteiger partial charge in [-0.05, 0) is 123 Å². The van der Waals surface area contributed by atoms with E-state index in [1.807, 2.05) is 32.9 Å². The number of fused-ring (bicyclic) bond motifs is 2. The van der Waals surface area contributed by atoms with Crippen LogP contribution in [0.15, 0.2) is 106 Å². The molecule has 342 valence electrons. The molecule has 1 fully saturated rings. The molecule has 7 rings (SSSR count). The first-order valence-corrected chi connectivity index (χ1v) is 22.2. The molecule has 1 aliphatic carbocycles. The van der Waals surface area contributed by atoms with Crippen LogP contribution >= 0.6 is 0 Å². The molecule has 3 N–H and O–H groups in total. The SMILES string of the molecule is CCC(C)(C)C(=O)C(=O)N1CCCCC1C(=O)O[C@H](CCc1ccc(C)c(C)c1)c1cccc(OCC(=O)NCc2c(O)ccc3c(-c4ccccc4C(=O)O)c4ccc(=O)cc-4oc23)c1. The fraction of sp³-hybridized carbons (Fsp3) is 0.321. The largest absolute Gasteiger partial charge is 0.507 e. The number of hydrogen-bond acceptors (Lipinski definition) is 10. The minimum absolute atomic E-state index is 0.0273. The van der Waals surface area contributed by atoms with Gasteiger partial charge >= 0.3 is 11.9 Å². The second kappa shape index (κ2) is 19.9. The van der Waals surface area contributed by atoms with Crippen molar-refractivity contribution in [2.75, 3.05) is 13.2 Å². The summed E-state index contributed by atoms with van der Waals surface area (Å²) in [5, 5.41) is 24.3. The van der Waals surface area contributed by atoms with Crippen molar-refractivity contribution in [3.63, 3.8) is 0 Å². The van der Waals surface area contributed by atoms with Crippen molar-refractivity contribution in [2.45, 2.75) is 91.8 Å². The average Bonchev–Trinajstić information content (AvgIpc) is 3.31. The summed E-state index contributed by atoms with van der Waals surface area (Å²) in [5.74, 6) is -3.21. The summed E-state index contributed by atoms with van der Waals surface area (Å²) in [7, 11) is 0. The number of nitrogens with zero attached hydrogens (tertiary/aromatic N) is 1. The van der Waals surface area contributed by atoms with Crippen molar-refractivity contribution in [3.05, 3.63) is 141 Å². The highest BCUT2D eigenvalue weighted by atomic mass is 16.5. The zero-order valence-electron chi connectivity index (χ0n) is 37.8. The van der Waals surface area contributed by atoms with Crippen LogP contribution in [0.2, 0.25) is 0 Å². The smallest absolute Gasteiger partial charge is 0.336 e. The zero-order valence-corrected chi connectivity index (χ0v) is 37.8. The van der Waals surface area contributed by atoms with Crippen LogP contribution in [0, 0.1) is 19.3 Å². The molecule has 13 heteroatoms. The number of carbonyl (C=O) groups is 5. The number of rotatable bonds is 16. The van der Waals surface area contributed by atoms with Gasteiger partial charge in [0.25, 0.3) is 11.8 Å². The van der Waals surface area contributed by atoms with Crippen LogP contribution in [0.25, 0.3) is 33.4 Å². The number of carboxylic acids is 1. The molecule has 66 heavy (non-hydrogen) atoms. The number of aryl methyl sites for hydroxylation is 3. The minimum atomic E-state index is -1.15. The Morgan fingerprint density at radius 1 is 0.894 bits per heavy atom. The number of carbonyl (C=O) groups excluding carboxylic acids is 4. The quantitative estimate of drug-likeness (QED) is 0.0478. The molecule has 2 heterocycles. The van der Waals surface area contributed by atoms with Gasteiger partial charge in [-0.15, -0.1) is 0 Å². The molecule has 2 aliphatic heterocycles. The summed E-state index contributed by atoms with van der Waals surface area (Å²) in [6.45, 7) is 9.02. The van der Waals surface area contributed by atoms with Crippen LogP contribution in [-0.4, -0.2) is 63.8 Å². The predicted molar refractivity (Wildman–Crippen MR) is 248 cm³/mol. The topological polar surface area (TPSA) is 190 Å². The van der Waals surface area contributed by atoms with Crippen LogP contribution in [0.3, 0.4) is 0 Å². The minimum Gasteiger partial charge on any atom is -0.507 e. The van der Waals surface area contributed by atoms with Gasteiger partial charge in [-0.25, -0.2) is 9.59 Å². The molecule has 0 saturated carbocycles. The normalized spacial score (nSPS) is 14.4. The lowest BCUT2D eigenvalue weighted by Crippen LogP contribution is -2.53. The van der Waals surface area contributed by atoms with Gasteiger partial charge in [0.15, 0.2) is 12.0 Å². The lowest BCUT2D eigenvalue weighted by atomic mass is 9.84. The van der Waals surface area contributed by atoms with Crippen LogP contribution in [-0.2, 0) is 36.9 Å². The number of Topliss-reactive ketones (excluding diaryl/α,β-unsaturated/α-hetero) is 1. The molecule has 0 radical (unpaired) electrons. The molecule has 1 unspecified atom stereocenters. The van der Waals surface area contributed by atoms with Crippen LogP contribution < -0.4 is 15.5 Å². The number of phenols is 1. The standard InChI is InChI=1S/C53H54N2O11/c1-6-53(4,5)49(59)50(60)55-25-10-9-16-42(55)52(63)66-44(24-19-33-18-17-31(2)32(3)26-33)34-12-11-13-36(27-34)64-30-46(58)54-29-41-43(57)23-22-40-47(37-14-7-8-15-38(37)51(61)62)39-21-20-35(56)28-45(39)65-48(40)41/h7-8,11-15,17-18,20-23,26-28,42,44,57H,6,9-10,16,19,24-25,29-30H2,1-5H3,(H,54,58)(H,61,62)/t42?,44-/m1/s1. The number of amides is 2. The summed E-state index contributed by atoms with van der Waals surface area (Å²) < 4.78 is 18.4. The zero-order chi connectivity index (χ0) is 47.3. The van der Waals surface area contributed by atoms with Crippen molar-refractivity contribution < 1.29 is 48.1 Å². The highest BCUT2D eigenvalue weighted by Gasteiger charge is 2.41. The van der Waals surface area contributed by atoms with Crippen LogP contribution in [0.1, 0.15) is 97.2 Å². The first-order valence-electron chi connectivity index (χ1n) is 22.2. The van der Waals surface area contributed by atoms with E-state index in [4.69, 9.17) is 13.9 Å². The number of likely N-dealkylation sites (tertiary alicyclic amines) is 1. The van der Waals surface area contributed by atoms with Crippen molar-refractivity contribution in [3.8, 4) is 33.9 Å². The van der Waals surface area contributed by atoms with E-state index < -0.39 is 53.7 Å². The van der Waals surface area contributed by atoms with Gasteiger partial charge in [-0.3, -0.25) is 19.2 Å². The summed E-state index contributed by atoms with van der Waals surface area (Å²) in [6.07, 6.45) is 2.41. The predicted octanol–water partition coefficient (Wildman–Crippen LogP) is 8.88. The highest BCUT2D eigenvalue weighted by Crippen LogP contribution is 2.43. The third kappa shape index (κ3) is 10.1. The van der Waals surface area contributed by atoms with E-state index in [1.165, 1.54) is 29.2 Å². The Labute approximate surface area is 382 Å². The van der Waals surface area contributed by atoms with Crippen molar-refractivity contribution in [1.82, 2.24) is 10.2 Å². The Hall–Kier alpha value is -7.28. The first kappa shape index (κ1) is 46.7. The molecule has 0 aromatic heterocycles. The van der Waals surface area contributed by atoms with E-state index in [2.05, 4.69) is 11.4 Å². The number of esters is 1. The van der Waals surface area contributed by atoms with Crippen molar-refractivity contribution in [2.24, 2.45) is 5.41 Å². The average molecular weight is 895 g/mol. The van der Waals surface area contributed by atoms with Gasteiger partial charge in [0.2, 0.25) is 5.78 Å². The van der Waals surface area contributed by atoms with E-state index in [1.54, 1.807) is 68.4 Å². The monoisotopic (exact) mass is 894 g/mol. The maximum absolute atomic E-state index is 14.1. The van der Waals surface area contributed by atoms with Crippen molar-refractivity contribution >= 4 is 40.5 Å². The van der Waals surface area contributed by atoms with Crippen molar-refractivity contribution in [1.29, 1.82) is 0 Å². The van der Waals surface area contributed by atoms with Gasteiger partial charge in [0, 0.05) is 34.5 Å². The summed E-state index contributed by atoms with van der Waals surface area (Å²) >= 11 is 0. The molecular weight excluding hydrogens is 841 g/mol. The summed E-state index contributed by atoms with van der Waals surface area (Å²) in [5.41, 5.74) is 4.46. The first-order chi connectivity index (χ1) is 31.6. The molecular formula is C53H54N2O11. The van der Waals surface area contributed by atoms with E-state index >= 15 is 0 Å². The van der Waals surface area contributed by atoms with Crippen LogP contribution in [0.5, 0.6) is 11.5 Å². The molecule has 3 aliphatic rings. The Kier molecular flexibility index (Phi) is 14.0. The molecule has 2 amide bonds. The second-order valence-corrected chi connectivity index (χ2v) is 17.5. The number of nitrogens with one attached hydrogen (secondary N) is 1. The number of aromatic carboxylic acids is 1. The number of carboxylic acid groups (broad SMARTS) is 1. The molecule has 4 aromatic rings. The Morgan fingerprint density at radius 3 is 2.44 bits per heavy atom. The fourth-order valence-corrected chi connectivity index (χ4v) is 8.29. The molecule has 1 saturated heterocycles. The summed E-state index contributed by atoms with van der Waals surface area (Å²) in [4.78, 5) is 80.4. The maximum atomic E-state index is 14.1. The van der Waals surface area contributed by atoms with Gasteiger partial charge in [-0.1, -0.05) is 69.3 Å². The number of ketones is 1. The number of ether oxygens (including phenoxy) is 2. The number of phenolic OH excluding ortho intramolecular Hbond substituents is 1. The molecule has 0 spiro atoms. The van der Waals surface area contributed by atoms with E-state index in [9.17, 15) is 39.0 Å². The van der Waals surface area contributed by atoms with Gasteiger partial charge in [0.05, 0.1) is 17.7 Å². The van der Waals surface area contributed by atoms with E-state index in [0.29, 0.717) is 71.9 Å². The summed E-state index contributed by atoms with van der Waals surface area (Å²) in [6, 6.07) is 25.9. The number of hydrogen-bond donors (Lipinski definition) is 3. The molecule has 4 aromatic carbocycles. The second-order valence-electron chi connectivity index (χ2n) is 17.5. The van der Waals surface area contributed by atoms with E-state index in [-0.39, 0.29) is 46.7 Å². The Morgan fingerprint density at radius 2 is 1.68 bits per heavy atom. The molecule has 13 nitrogen and oxygen atoms in total. The Bertz CT molecular complexity index is 2860. The van der Waals surface area contributed by atoms with Gasteiger partial charge < -0.3 is 34.3 Å². The number of benzene rings is 5. The third-order valence-electron chi connectivity index (χ3n) is 12.7. The fourth-order valence-electron chi connectivity index (χ4n) is 8.29. The lowest BCUT2D eigenvalue weighted by Gasteiger charge is -2.36. The van der Waals surface area contributed by atoms with Crippen LogP contribution in [0.4, 0.5) is 0 Å². The van der Waals surface area contributed by atoms with Gasteiger partial charge in [-0.2, -0.15) is 0 Å². The number of aromatic hydroxyl groups is 1. The van der Waals surface area contributed by atoms with E-state index in [0.717, 1.165) is 16.7 Å². The Balaban J connectivity index is 1.10. The van der Waals surface area contributed by atoms with Gasteiger partial charge in [0.1, 0.15) is 35.0 Å². The number of piperidine rings is 1. The maximum Gasteiger partial charge on any atom is 0.336 e.